The van der Waals surface area contributed by atoms with Gasteiger partial charge in [0.2, 0.25) is 0 Å². The van der Waals surface area contributed by atoms with Gasteiger partial charge in [0.1, 0.15) is 5.75 Å². The molecule has 0 saturated carbocycles. The summed E-state index contributed by atoms with van der Waals surface area (Å²) in [5, 5.41) is 0. The van der Waals surface area contributed by atoms with E-state index >= 15 is 0 Å². The molecule has 3 N–H and O–H groups in total. The monoisotopic (exact) mass is 238 g/mol. The average molecular weight is 238 g/mol. The van der Waals surface area contributed by atoms with Crippen molar-refractivity contribution in [2.75, 3.05) is 13.2 Å². The minimum absolute atomic E-state index is 0.0156. The first-order valence-electron chi connectivity index (χ1n) is 6.03. The first-order chi connectivity index (χ1) is 8.22. The van der Waals surface area contributed by atoms with Crippen LogP contribution in [0.1, 0.15) is 32.4 Å². The normalized spacial score (nSPS) is 14.4. The van der Waals surface area contributed by atoms with Crippen molar-refractivity contribution in [3.63, 3.8) is 0 Å². The van der Waals surface area contributed by atoms with E-state index in [1.54, 1.807) is 0 Å². The van der Waals surface area contributed by atoms with E-state index in [1.807, 2.05) is 45.0 Å². The van der Waals surface area contributed by atoms with Crippen molar-refractivity contribution < 1.29 is 9.47 Å². The van der Waals surface area contributed by atoms with Gasteiger partial charge in [0.15, 0.2) is 0 Å². The Hall–Kier alpha value is -1.10. The van der Waals surface area contributed by atoms with Crippen LogP contribution in [0.5, 0.6) is 5.75 Å². The third-order valence-electron chi connectivity index (χ3n) is 2.61. The summed E-state index contributed by atoms with van der Waals surface area (Å²) >= 11 is 0. The van der Waals surface area contributed by atoms with Gasteiger partial charge in [-0.1, -0.05) is 12.1 Å². The number of nitrogens with two attached hydrogens (primary N) is 1. The van der Waals surface area contributed by atoms with Gasteiger partial charge in [-0.3, -0.25) is 11.3 Å². The molecule has 0 aromatic heterocycles. The van der Waals surface area contributed by atoms with Crippen LogP contribution in [-0.2, 0) is 4.74 Å². The van der Waals surface area contributed by atoms with E-state index in [-0.39, 0.29) is 12.1 Å². The molecule has 2 atom stereocenters. The van der Waals surface area contributed by atoms with Crippen molar-refractivity contribution in [2.24, 2.45) is 5.84 Å². The van der Waals surface area contributed by atoms with Crippen LogP contribution in [0.3, 0.4) is 0 Å². The maximum absolute atomic E-state index is 5.59. The van der Waals surface area contributed by atoms with E-state index in [1.165, 1.54) is 0 Å². The molecular formula is C13H22N2O2. The molecule has 0 bridgehead atoms. The molecule has 0 saturated heterocycles. The van der Waals surface area contributed by atoms with Crippen molar-refractivity contribution in [3.8, 4) is 5.75 Å². The Morgan fingerprint density at radius 1 is 1.29 bits per heavy atom. The van der Waals surface area contributed by atoms with E-state index < -0.39 is 0 Å². The van der Waals surface area contributed by atoms with E-state index in [0.717, 1.165) is 11.3 Å². The molecule has 0 heterocycles. The molecule has 17 heavy (non-hydrogen) atoms. The Labute approximate surface area is 103 Å². The summed E-state index contributed by atoms with van der Waals surface area (Å²) < 4.78 is 11.0. The SMILES string of the molecule is CCOc1cccc(C(NN)C(C)OCC)c1. The van der Waals surface area contributed by atoms with Crippen LogP contribution in [0.15, 0.2) is 24.3 Å². The maximum Gasteiger partial charge on any atom is 0.119 e. The lowest BCUT2D eigenvalue weighted by molar-refractivity contribution is 0.0472. The first-order valence-corrected chi connectivity index (χ1v) is 6.03. The van der Waals surface area contributed by atoms with Gasteiger partial charge in [0.05, 0.1) is 18.8 Å². The van der Waals surface area contributed by atoms with Crippen molar-refractivity contribution in [3.05, 3.63) is 29.8 Å². The highest BCUT2D eigenvalue weighted by Gasteiger charge is 2.18. The minimum atomic E-state index is -0.0321. The fourth-order valence-corrected chi connectivity index (χ4v) is 1.83. The molecule has 0 aliphatic carbocycles. The van der Waals surface area contributed by atoms with Gasteiger partial charge >= 0.3 is 0 Å². The van der Waals surface area contributed by atoms with E-state index in [0.29, 0.717) is 13.2 Å². The molecule has 0 radical (unpaired) electrons. The van der Waals surface area contributed by atoms with Crippen LogP contribution in [0.4, 0.5) is 0 Å². The zero-order valence-corrected chi connectivity index (χ0v) is 10.8. The maximum atomic E-state index is 5.59. The summed E-state index contributed by atoms with van der Waals surface area (Å²) in [6.07, 6.45) is 0.0156. The summed E-state index contributed by atoms with van der Waals surface area (Å²) in [7, 11) is 0. The lowest BCUT2D eigenvalue weighted by atomic mass is 10.0. The third kappa shape index (κ3) is 4.00. The summed E-state index contributed by atoms with van der Waals surface area (Å²) in [4.78, 5) is 0. The predicted octanol–water partition coefficient (Wildman–Crippen LogP) is 2.01. The van der Waals surface area contributed by atoms with Gasteiger partial charge in [-0.25, -0.2) is 0 Å². The highest BCUT2D eigenvalue weighted by molar-refractivity contribution is 5.31. The Kier molecular flexibility index (Phi) is 5.97. The number of ether oxygens (including phenoxy) is 2. The molecule has 0 spiro atoms. The van der Waals surface area contributed by atoms with Gasteiger partial charge in [-0.2, -0.15) is 0 Å². The Balaban J connectivity index is 2.83. The Morgan fingerprint density at radius 3 is 2.65 bits per heavy atom. The molecule has 4 heteroatoms. The van der Waals surface area contributed by atoms with Crippen LogP contribution in [-0.4, -0.2) is 19.3 Å². The second-order valence-electron chi connectivity index (χ2n) is 3.81. The van der Waals surface area contributed by atoms with Crippen molar-refractivity contribution >= 4 is 0 Å². The number of hydrazine groups is 1. The zero-order chi connectivity index (χ0) is 12.7. The minimum Gasteiger partial charge on any atom is -0.494 e. The highest BCUT2D eigenvalue weighted by Crippen LogP contribution is 2.22. The van der Waals surface area contributed by atoms with Gasteiger partial charge in [0.25, 0.3) is 0 Å². The number of benzene rings is 1. The van der Waals surface area contributed by atoms with Crippen molar-refractivity contribution in [1.82, 2.24) is 5.43 Å². The number of hydrogen-bond acceptors (Lipinski definition) is 4. The molecule has 4 nitrogen and oxygen atoms in total. The molecule has 1 rings (SSSR count). The lowest BCUT2D eigenvalue weighted by Crippen LogP contribution is -2.36. The second-order valence-corrected chi connectivity index (χ2v) is 3.81. The largest absolute Gasteiger partial charge is 0.494 e. The van der Waals surface area contributed by atoms with Crippen molar-refractivity contribution in [1.29, 1.82) is 0 Å². The van der Waals surface area contributed by atoms with E-state index in [9.17, 15) is 0 Å². The fraction of sp³-hybridized carbons (Fsp3) is 0.538. The number of nitrogens with one attached hydrogen (secondary N) is 1. The zero-order valence-electron chi connectivity index (χ0n) is 10.8. The summed E-state index contributed by atoms with van der Waals surface area (Å²) in [6, 6.07) is 7.87. The third-order valence-corrected chi connectivity index (χ3v) is 2.61. The average Bonchev–Trinajstić information content (AvgIpc) is 2.31. The first kappa shape index (κ1) is 14.0. The number of hydrogen-bond donors (Lipinski definition) is 2. The molecule has 1 aromatic rings. The molecule has 2 unspecified atom stereocenters. The van der Waals surface area contributed by atoms with Gasteiger partial charge in [-0.05, 0) is 38.5 Å². The van der Waals surface area contributed by atoms with Gasteiger partial charge in [-0.15, -0.1) is 0 Å². The van der Waals surface area contributed by atoms with Crippen LogP contribution >= 0.6 is 0 Å². The lowest BCUT2D eigenvalue weighted by Gasteiger charge is -2.23. The Morgan fingerprint density at radius 2 is 2.06 bits per heavy atom. The predicted molar refractivity (Wildman–Crippen MR) is 68.8 cm³/mol. The summed E-state index contributed by atoms with van der Waals surface area (Å²) in [5.74, 6) is 6.44. The van der Waals surface area contributed by atoms with Crippen LogP contribution < -0.4 is 16.0 Å². The van der Waals surface area contributed by atoms with E-state index in [2.05, 4.69) is 5.43 Å². The van der Waals surface area contributed by atoms with Crippen LogP contribution in [0.25, 0.3) is 0 Å². The van der Waals surface area contributed by atoms with Crippen LogP contribution in [0, 0.1) is 0 Å². The topological polar surface area (TPSA) is 56.5 Å². The summed E-state index contributed by atoms with van der Waals surface area (Å²) in [6.45, 7) is 7.27. The standard InChI is InChI=1S/C13H22N2O2/c1-4-16-10(3)13(15-14)11-7-6-8-12(9-11)17-5-2/h6-10,13,15H,4-5,14H2,1-3H3. The quantitative estimate of drug-likeness (QED) is 0.563. The molecular weight excluding hydrogens is 216 g/mol. The molecule has 0 amide bonds. The Bertz CT molecular complexity index is 331. The molecule has 0 aliphatic heterocycles. The molecule has 0 aliphatic rings. The smallest absolute Gasteiger partial charge is 0.119 e. The fourth-order valence-electron chi connectivity index (χ4n) is 1.83. The summed E-state index contributed by atoms with van der Waals surface area (Å²) in [5.41, 5.74) is 3.86. The second kappa shape index (κ2) is 7.27. The van der Waals surface area contributed by atoms with Crippen molar-refractivity contribution in [2.45, 2.75) is 32.9 Å². The number of rotatable bonds is 7. The highest BCUT2D eigenvalue weighted by atomic mass is 16.5. The molecule has 1 aromatic carbocycles. The van der Waals surface area contributed by atoms with Crippen LogP contribution in [0.2, 0.25) is 0 Å². The molecule has 0 fully saturated rings. The van der Waals surface area contributed by atoms with Gasteiger partial charge in [0, 0.05) is 6.61 Å². The molecule has 96 valence electrons. The van der Waals surface area contributed by atoms with E-state index in [4.69, 9.17) is 15.3 Å². The van der Waals surface area contributed by atoms with Gasteiger partial charge < -0.3 is 9.47 Å².